The molecule has 36 heavy (non-hydrogen) atoms. The zero-order chi connectivity index (χ0) is 25.1. The summed E-state index contributed by atoms with van der Waals surface area (Å²) in [7, 11) is 3.29. The van der Waals surface area contributed by atoms with Crippen LogP contribution < -0.4 is 14.4 Å². The molecule has 5 rings (SSSR count). The molecule has 0 atom stereocenters. The predicted octanol–water partition coefficient (Wildman–Crippen LogP) is 5.87. The minimum atomic E-state index is 0.0185. The second-order valence-electron chi connectivity index (χ2n) is 8.90. The molecule has 0 aliphatic carbocycles. The number of piperazine rings is 1. The number of amides is 1. The topological polar surface area (TPSA) is 55.2 Å². The average Bonchev–Trinajstić information content (AvgIpc) is 3.35. The van der Waals surface area contributed by atoms with Crippen LogP contribution in [-0.4, -0.2) is 51.2 Å². The van der Waals surface area contributed by atoms with Crippen LogP contribution in [0.5, 0.6) is 11.5 Å². The second kappa shape index (κ2) is 10.2. The summed E-state index contributed by atoms with van der Waals surface area (Å²) in [5.41, 5.74) is 5.66. The number of nitrogens with zero attached hydrogens (tertiary/aromatic N) is 2. The number of methoxy groups -OCH3 is 2. The zero-order valence-electron chi connectivity index (χ0n) is 20.9. The lowest BCUT2D eigenvalue weighted by molar-refractivity contribution is -0.126. The van der Waals surface area contributed by atoms with Gasteiger partial charge in [0.1, 0.15) is 17.1 Å². The normalized spacial score (nSPS) is 14.2. The van der Waals surface area contributed by atoms with Gasteiger partial charge in [0.25, 0.3) is 0 Å². The summed E-state index contributed by atoms with van der Waals surface area (Å²) in [4.78, 5) is 17.4. The predicted molar refractivity (Wildman–Crippen MR) is 144 cm³/mol. The van der Waals surface area contributed by atoms with Crippen LogP contribution in [0.1, 0.15) is 12.5 Å². The minimum Gasteiger partial charge on any atom is -0.497 e. The van der Waals surface area contributed by atoms with E-state index in [4.69, 9.17) is 13.9 Å². The number of hydrogen-bond donors (Lipinski definition) is 0. The average molecular weight is 483 g/mol. The Balaban J connectivity index is 1.38. The van der Waals surface area contributed by atoms with Gasteiger partial charge in [-0.15, -0.1) is 0 Å². The molecule has 0 saturated carbocycles. The third kappa shape index (κ3) is 4.67. The number of fused-ring (bicyclic) bond motifs is 1. The molecular formula is C30H30N2O4. The third-order valence-corrected chi connectivity index (χ3v) is 6.77. The fourth-order valence-corrected chi connectivity index (χ4v) is 4.70. The lowest BCUT2D eigenvalue weighted by Crippen LogP contribution is -2.48. The maximum atomic E-state index is 13.1. The van der Waals surface area contributed by atoms with Gasteiger partial charge in [0.2, 0.25) is 5.91 Å². The highest BCUT2D eigenvalue weighted by atomic mass is 16.5. The van der Waals surface area contributed by atoms with Gasteiger partial charge >= 0.3 is 0 Å². The number of ether oxygens (including phenoxy) is 2. The van der Waals surface area contributed by atoms with E-state index in [0.29, 0.717) is 18.8 Å². The number of para-hydroxylation sites is 1. The van der Waals surface area contributed by atoms with E-state index < -0.39 is 0 Å². The number of allylic oxidation sites excluding steroid dienone is 1. The number of carbonyl (C=O) groups excluding carboxylic acids is 1. The van der Waals surface area contributed by atoms with Gasteiger partial charge in [0.15, 0.2) is 0 Å². The van der Waals surface area contributed by atoms with Crippen LogP contribution in [0, 0.1) is 0 Å². The van der Waals surface area contributed by atoms with E-state index in [2.05, 4.69) is 17.0 Å². The van der Waals surface area contributed by atoms with E-state index in [1.807, 2.05) is 66.4 Å². The zero-order valence-corrected chi connectivity index (χ0v) is 20.9. The van der Waals surface area contributed by atoms with Gasteiger partial charge in [-0.05, 0) is 48.4 Å². The summed E-state index contributed by atoms with van der Waals surface area (Å²) >= 11 is 0. The van der Waals surface area contributed by atoms with Gasteiger partial charge in [-0.1, -0.05) is 30.3 Å². The molecule has 3 aromatic carbocycles. The maximum absolute atomic E-state index is 13.1. The molecule has 0 radical (unpaired) electrons. The van der Waals surface area contributed by atoms with Crippen molar-refractivity contribution in [1.82, 2.24) is 4.90 Å². The van der Waals surface area contributed by atoms with Crippen molar-refractivity contribution < 1.29 is 18.7 Å². The van der Waals surface area contributed by atoms with Gasteiger partial charge in [0.05, 0.1) is 20.5 Å². The van der Waals surface area contributed by atoms with E-state index in [9.17, 15) is 4.79 Å². The second-order valence-corrected chi connectivity index (χ2v) is 8.90. The first-order valence-electron chi connectivity index (χ1n) is 12.1. The molecule has 184 valence electrons. The fourth-order valence-electron chi connectivity index (χ4n) is 4.70. The van der Waals surface area contributed by atoms with Gasteiger partial charge in [-0.2, -0.15) is 0 Å². The van der Waals surface area contributed by atoms with E-state index in [-0.39, 0.29) is 5.91 Å². The van der Waals surface area contributed by atoms with Crippen molar-refractivity contribution in [3.05, 3.63) is 84.6 Å². The first-order valence-corrected chi connectivity index (χ1v) is 12.1. The summed E-state index contributed by atoms with van der Waals surface area (Å²) in [6.45, 7) is 4.97. The van der Waals surface area contributed by atoms with Crippen molar-refractivity contribution in [3.63, 3.8) is 0 Å². The smallest absolute Gasteiger partial charge is 0.246 e. The molecule has 6 nitrogen and oxygen atoms in total. The Morgan fingerprint density at radius 2 is 1.64 bits per heavy atom. The summed E-state index contributed by atoms with van der Waals surface area (Å²) in [5.74, 6) is 1.49. The molecule has 1 fully saturated rings. The summed E-state index contributed by atoms with van der Waals surface area (Å²) in [6, 6.07) is 22.1. The Kier molecular flexibility index (Phi) is 6.67. The molecule has 1 amide bonds. The van der Waals surface area contributed by atoms with Crippen molar-refractivity contribution in [3.8, 4) is 22.6 Å². The molecule has 1 aromatic heterocycles. The van der Waals surface area contributed by atoms with Crippen molar-refractivity contribution in [1.29, 1.82) is 0 Å². The number of rotatable bonds is 6. The van der Waals surface area contributed by atoms with E-state index in [1.165, 1.54) is 5.69 Å². The number of anilines is 1. The summed E-state index contributed by atoms with van der Waals surface area (Å²) < 4.78 is 16.8. The van der Waals surface area contributed by atoms with E-state index in [0.717, 1.165) is 52.1 Å². The lowest BCUT2D eigenvalue weighted by Gasteiger charge is -2.35. The Labute approximate surface area is 211 Å². The Morgan fingerprint density at radius 3 is 2.31 bits per heavy atom. The fraction of sp³-hybridized carbons (Fsp3) is 0.233. The Morgan fingerprint density at radius 1 is 0.917 bits per heavy atom. The highest BCUT2D eigenvalue weighted by Crippen LogP contribution is 2.37. The van der Waals surface area contributed by atoms with Crippen molar-refractivity contribution in [2.45, 2.75) is 6.92 Å². The first-order chi connectivity index (χ1) is 17.6. The molecular weight excluding hydrogens is 452 g/mol. The van der Waals surface area contributed by atoms with Crippen LogP contribution in [0.25, 0.3) is 27.7 Å². The van der Waals surface area contributed by atoms with Crippen LogP contribution >= 0.6 is 0 Å². The van der Waals surface area contributed by atoms with Gasteiger partial charge in [-0.3, -0.25) is 4.79 Å². The number of furan rings is 1. The number of carbonyl (C=O) groups is 1. The molecule has 2 heterocycles. The van der Waals surface area contributed by atoms with E-state index in [1.54, 1.807) is 26.6 Å². The highest BCUT2D eigenvalue weighted by Gasteiger charge is 2.21. The van der Waals surface area contributed by atoms with Crippen LogP contribution in [0.15, 0.2) is 83.5 Å². The molecule has 4 aromatic rings. The monoisotopic (exact) mass is 482 g/mol. The van der Waals surface area contributed by atoms with Crippen molar-refractivity contribution in [2.24, 2.45) is 0 Å². The Hall–Kier alpha value is -4.19. The first kappa shape index (κ1) is 23.5. The summed E-state index contributed by atoms with van der Waals surface area (Å²) in [5, 5.41) is 0.965. The molecule has 1 aliphatic heterocycles. The largest absolute Gasteiger partial charge is 0.497 e. The number of hydrogen-bond acceptors (Lipinski definition) is 5. The molecule has 0 unspecified atom stereocenters. The van der Waals surface area contributed by atoms with Crippen LogP contribution in [0.4, 0.5) is 5.69 Å². The third-order valence-electron chi connectivity index (χ3n) is 6.77. The molecule has 1 saturated heterocycles. The van der Waals surface area contributed by atoms with Crippen molar-refractivity contribution >= 4 is 28.1 Å². The van der Waals surface area contributed by atoms with Gasteiger partial charge < -0.3 is 23.7 Å². The van der Waals surface area contributed by atoms with Crippen LogP contribution in [-0.2, 0) is 4.79 Å². The van der Waals surface area contributed by atoms with E-state index >= 15 is 0 Å². The van der Waals surface area contributed by atoms with Gasteiger partial charge in [-0.25, -0.2) is 0 Å². The number of benzene rings is 3. The highest BCUT2D eigenvalue weighted by molar-refractivity contribution is 6.00. The van der Waals surface area contributed by atoms with Crippen LogP contribution in [0.3, 0.4) is 0 Å². The quantitative estimate of drug-likeness (QED) is 0.322. The molecule has 1 aliphatic rings. The summed E-state index contributed by atoms with van der Waals surface area (Å²) in [6.07, 6.45) is 3.47. The maximum Gasteiger partial charge on any atom is 0.246 e. The van der Waals surface area contributed by atoms with Crippen molar-refractivity contribution in [2.75, 3.05) is 45.3 Å². The molecule has 6 heteroatoms. The SMILES string of the molecule is COc1ccc(-c2coc3cc(OC)c(/C(C)=C/C(=O)N4CCN(c5ccccc5)CC4)cc23)cc1. The standard InChI is InChI=1S/C30H30N2O4/c1-21(17-30(33)32-15-13-31(14-16-32)23-7-5-4-6-8-23)25-18-26-27(20-36-29(26)19-28(25)35-3)22-9-11-24(34-2)12-10-22/h4-12,17-20H,13-16H2,1-3H3/b21-17+. The molecule has 0 N–H and O–H groups in total. The molecule has 0 spiro atoms. The minimum absolute atomic E-state index is 0.0185. The lowest BCUT2D eigenvalue weighted by atomic mass is 9.99. The van der Waals surface area contributed by atoms with Crippen LogP contribution in [0.2, 0.25) is 0 Å². The Bertz CT molecular complexity index is 1380. The van der Waals surface area contributed by atoms with Gasteiger partial charge in [0, 0.05) is 60.5 Å². The molecule has 0 bridgehead atoms.